The van der Waals surface area contributed by atoms with Gasteiger partial charge >= 0.3 is 6.18 Å². The molecule has 1 aromatic rings. The van der Waals surface area contributed by atoms with Crippen LogP contribution in [0.3, 0.4) is 0 Å². The Morgan fingerprint density at radius 3 is 2.65 bits per heavy atom. The molecule has 1 rings (SSSR count). The van der Waals surface area contributed by atoms with Gasteiger partial charge < -0.3 is 10.5 Å². The zero-order valence-corrected chi connectivity index (χ0v) is 9.94. The van der Waals surface area contributed by atoms with E-state index in [0.29, 0.717) is 11.1 Å². The molecule has 0 aliphatic heterocycles. The lowest BCUT2D eigenvalue weighted by atomic mass is 10.1. The molecule has 0 radical (unpaired) electrons. The Bertz CT molecular complexity index is 406. The van der Waals surface area contributed by atoms with Gasteiger partial charge in [-0.3, -0.25) is 0 Å². The Kier molecular flexibility index (Phi) is 4.47. The summed E-state index contributed by atoms with van der Waals surface area (Å²) in [5, 5.41) is 0. The van der Waals surface area contributed by atoms with Crippen molar-refractivity contribution in [3.05, 3.63) is 35.4 Å². The Hall–Kier alpha value is -1.14. The van der Waals surface area contributed by atoms with Crippen molar-refractivity contribution in [2.24, 2.45) is 5.73 Å². The second-order valence-corrected chi connectivity index (χ2v) is 4.00. The molecule has 0 saturated heterocycles. The zero-order valence-electron chi connectivity index (χ0n) is 9.12. The van der Waals surface area contributed by atoms with Gasteiger partial charge in [0, 0.05) is 5.56 Å². The van der Waals surface area contributed by atoms with E-state index in [1.807, 2.05) is 0 Å². The van der Waals surface area contributed by atoms with Crippen LogP contribution in [0.5, 0.6) is 0 Å². The molecule has 6 heteroatoms. The Balaban J connectivity index is 2.64. The van der Waals surface area contributed by atoms with Gasteiger partial charge in [0.15, 0.2) is 6.10 Å². The molecule has 0 aliphatic carbocycles. The summed E-state index contributed by atoms with van der Waals surface area (Å²) in [5.41, 5.74) is 6.63. The molecule has 0 heterocycles. The number of rotatable bonds is 4. The molecule has 94 valence electrons. The summed E-state index contributed by atoms with van der Waals surface area (Å²) in [6.07, 6.45) is -6.14. The molecule has 1 unspecified atom stereocenters. The molecule has 1 aromatic carbocycles. The summed E-state index contributed by atoms with van der Waals surface area (Å²) >= 11 is 4.77. The minimum Gasteiger partial charge on any atom is -0.389 e. The van der Waals surface area contributed by atoms with E-state index >= 15 is 0 Å². The first-order chi connectivity index (χ1) is 7.80. The van der Waals surface area contributed by atoms with E-state index in [9.17, 15) is 13.2 Å². The topological polar surface area (TPSA) is 35.2 Å². The number of thiocarbonyl (C=S) groups is 1. The number of halogens is 3. The molecule has 2 nitrogen and oxygen atoms in total. The van der Waals surface area contributed by atoms with Gasteiger partial charge in [-0.15, -0.1) is 0 Å². The number of alkyl halides is 3. The highest BCUT2D eigenvalue weighted by atomic mass is 32.1. The monoisotopic (exact) mass is 263 g/mol. The van der Waals surface area contributed by atoms with Crippen molar-refractivity contribution in [3.8, 4) is 0 Å². The maximum Gasteiger partial charge on any atom is 0.414 e. The standard InChI is InChI=1S/C11H12F3NOS/c1-7(11(12,13)14)16-6-8-3-2-4-9(5-8)10(15)17/h2-5,7H,6H2,1H3,(H2,15,17). The van der Waals surface area contributed by atoms with E-state index < -0.39 is 12.3 Å². The fraction of sp³-hybridized carbons (Fsp3) is 0.364. The van der Waals surface area contributed by atoms with Crippen LogP contribution in [0.2, 0.25) is 0 Å². The summed E-state index contributed by atoms with van der Waals surface area (Å²) in [4.78, 5) is 0.204. The third kappa shape index (κ3) is 4.32. The lowest BCUT2D eigenvalue weighted by Crippen LogP contribution is -2.28. The number of nitrogens with two attached hydrogens (primary N) is 1. The SMILES string of the molecule is CC(OCc1cccc(C(N)=S)c1)C(F)(F)F. The van der Waals surface area contributed by atoms with Gasteiger partial charge in [-0.05, 0) is 18.6 Å². The van der Waals surface area contributed by atoms with Crippen LogP contribution in [0, 0.1) is 0 Å². The molecule has 0 bridgehead atoms. The first-order valence-electron chi connectivity index (χ1n) is 4.88. The summed E-state index contributed by atoms with van der Waals surface area (Å²) in [7, 11) is 0. The summed E-state index contributed by atoms with van der Waals surface area (Å²) < 4.78 is 41.3. The molecule has 0 aromatic heterocycles. The lowest BCUT2D eigenvalue weighted by molar-refractivity contribution is -0.217. The molecule has 0 saturated carbocycles. The third-order valence-corrected chi connectivity index (χ3v) is 2.41. The van der Waals surface area contributed by atoms with E-state index in [2.05, 4.69) is 0 Å². The molecule has 0 amide bonds. The van der Waals surface area contributed by atoms with Crippen LogP contribution in [-0.4, -0.2) is 17.3 Å². The highest BCUT2D eigenvalue weighted by Gasteiger charge is 2.36. The van der Waals surface area contributed by atoms with E-state index in [0.717, 1.165) is 6.92 Å². The highest BCUT2D eigenvalue weighted by molar-refractivity contribution is 7.80. The molecule has 0 aliphatic rings. The molecule has 2 N–H and O–H groups in total. The average molecular weight is 263 g/mol. The van der Waals surface area contributed by atoms with Gasteiger partial charge in [-0.1, -0.05) is 30.4 Å². The fourth-order valence-electron chi connectivity index (χ4n) is 1.13. The normalized spacial score (nSPS) is 13.4. The minimum atomic E-state index is -4.35. The van der Waals surface area contributed by atoms with Gasteiger partial charge in [0.1, 0.15) is 4.99 Å². The molecular weight excluding hydrogens is 251 g/mol. The molecule has 0 fully saturated rings. The van der Waals surface area contributed by atoms with E-state index in [1.54, 1.807) is 24.3 Å². The number of benzene rings is 1. The lowest BCUT2D eigenvalue weighted by Gasteiger charge is -2.16. The van der Waals surface area contributed by atoms with Gasteiger partial charge in [-0.25, -0.2) is 0 Å². The van der Waals surface area contributed by atoms with Crippen LogP contribution in [0.15, 0.2) is 24.3 Å². The second kappa shape index (κ2) is 5.46. The largest absolute Gasteiger partial charge is 0.414 e. The smallest absolute Gasteiger partial charge is 0.389 e. The van der Waals surface area contributed by atoms with Gasteiger partial charge in [-0.2, -0.15) is 13.2 Å². The Labute approximate surface area is 103 Å². The van der Waals surface area contributed by atoms with Crippen LogP contribution in [0.25, 0.3) is 0 Å². The quantitative estimate of drug-likeness (QED) is 0.848. The Morgan fingerprint density at radius 2 is 2.12 bits per heavy atom. The molecule has 1 atom stereocenters. The molecule has 0 spiro atoms. The predicted octanol–water partition coefficient (Wildman–Crippen LogP) is 2.79. The maximum absolute atomic E-state index is 12.2. The van der Waals surface area contributed by atoms with Crippen LogP contribution < -0.4 is 5.73 Å². The van der Waals surface area contributed by atoms with Crippen LogP contribution in [0.1, 0.15) is 18.1 Å². The van der Waals surface area contributed by atoms with E-state index in [4.69, 9.17) is 22.7 Å². The molecule has 17 heavy (non-hydrogen) atoms. The maximum atomic E-state index is 12.2. The predicted molar refractivity (Wildman–Crippen MR) is 62.6 cm³/mol. The first-order valence-corrected chi connectivity index (χ1v) is 5.28. The summed E-state index contributed by atoms with van der Waals surface area (Å²) in [6, 6.07) is 6.64. The second-order valence-electron chi connectivity index (χ2n) is 3.56. The number of hydrogen-bond donors (Lipinski definition) is 1. The van der Waals surface area contributed by atoms with Crippen molar-refractivity contribution in [1.82, 2.24) is 0 Å². The molecular formula is C11H12F3NOS. The van der Waals surface area contributed by atoms with Gasteiger partial charge in [0.05, 0.1) is 6.61 Å². The Morgan fingerprint density at radius 1 is 1.47 bits per heavy atom. The van der Waals surface area contributed by atoms with Crippen molar-refractivity contribution in [1.29, 1.82) is 0 Å². The average Bonchev–Trinajstić information content (AvgIpc) is 2.25. The van der Waals surface area contributed by atoms with Crippen LogP contribution in [0.4, 0.5) is 13.2 Å². The summed E-state index contributed by atoms with van der Waals surface area (Å²) in [5.74, 6) is 0. The van der Waals surface area contributed by atoms with Crippen molar-refractivity contribution >= 4 is 17.2 Å². The van der Waals surface area contributed by atoms with Crippen molar-refractivity contribution in [2.45, 2.75) is 25.8 Å². The van der Waals surface area contributed by atoms with Crippen LogP contribution in [-0.2, 0) is 11.3 Å². The fourth-order valence-corrected chi connectivity index (χ4v) is 1.26. The highest BCUT2D eigenvalue weighted by Crippen LogP contribution is 2.23. The van der Waals surface area contributed by atoms with Gasteiger partial charge in [0.2, 0.25) is 0 Å². The number of hydrogen-bond acceptors (Lipinski definition) is 2. The van der Waals surface area contributed by atoms with Crippen LogP contribution >= 0.6 is 12.2 Å². The third-order valence-electron chi connectivity index (χ3n) is 2.17. The minimum absolute atomic E-state index is 0.128. The van der Waals surface area contributed by atoms with Crippen molar-refractivity contribution in [2.75, 3.05) is 0 Å². The zero-order chi connectivity index (χ0) is 13.1. The van der Waals surface area contributed by atoms with Gasteiger partial charge in [0.25, 0.3) is 0 Å². The number of ether oxygens (including phenoxy) is 1. The van der Waals surface area contributed by atoms with E-state index in [-0.39, 0.29) is 11.6 Å². The first kappa shape index (κ1) is 13.9. The van der Waals surface area contributed by atoms with Crippen molar-refractivity contribution in [3.63, 3.8) is 0 Å². The summed E-state index contributed by atoms with van der Waals surface area (Å²) in [6.45, 7) is 0.842. The van der Waals surface area contributed by atoms with E-state index in [1.165, 1.54) is 0 Å². The van der Waals surface area contributed by atoms with Crippen molar-refractivity contribution < 1.29 is 17.9 Å².